The fourth-order valence-electron chi connectivity index (χ4n) is 3.47. The molecule has 0 saturated heterocycles. The highest BCUT2D eigenvalue weighted by atomic mass is 32.2. The minimum atomic E-state index is -3.62. The Balaban J connectivity index is 1.91. The standard InChI is InChI=1S/C19H26N4O3S/c1-13-8-14(2)10-17(9-13)27(25,26)23-7-6-22-12-16(11-18(24)21(4)5)20-19(22)15(23)3/h8-10,12,15H,6-7,11H2,1-5H3. The maximum atomic E-state index is 13.2. The molecule has 1 aromatic carbocycles. The molecule has 1 aliphatic heterocycles. The molecule has 1 aromatic heterocycles. The zero-order chi connectivity index (χ0) is 19.9. The summed E-state index contributed by atoms with van der Waals surface area (Å²) in [7, 11) is -0.206. The van der Waals surface area contributed by atoms with Gasteiger partial charge >= 0.3 is 0 Å². The number of rotatable bonds is 4. The van der Waals surface area contributed by atoms with Gasteiger partial charge in [0.1, 0.15) is 5.82 Å². The van der Waals surface area contributed by atoms with Gasteiger partial charge in [0.15, 0.2) is 0 Å². The summed E-state index contributed by atoms with van der Waals surface area (Å²) < 4.78 is 29.9. The molecule has 1 atom stereocenters. The molecule has 0 bridgehead atoms. The number of aromatic nitrogens is 2. The minimum Gasteiger partial charge on any atom is -0.348 e. The van der Waals surface area contributed by atoms with E-state index in [1.807, 2.05) is 37.6 Å². The van der Waals surface area contributed by atoms with Crippen molar-refractivity contribution in [1.29, 1.82) is 0 Å². The topological polar surface area (TPSA) is 75.5 Å². The number of carbonyl (C=O) groups excluding carboxylic acids is 1. The number of carbonyl (C=O) groups is 1. The molecule has 3 rings (SSSR count). The van der Waals surface area contributed by atoms with Crippen LogP contribution in [0.25, 0.3) is 0 Å². The fourth-order valence-corrected chi connectivity index (χ4v) is 5.24. The van der Waals surface area contributed by atoms with E-state index in [1.54, 1.807) is 26.2 Å². The second kappa shape index (κ2) is 7.09. The van der Waals surface area contributed by atoms with Gasteiger partial charge < -0.3 is 9.47 Å². The molecule has 0 aliphatic carbocycles. The highest BCUT2D eigenvalue weighted by molar-refractivity contribution is 7.89. The van der Waals surface area contributed by atoms with Gasteiger partial charge in [0.25, 0.3) is 0 Å². The largest absolute Gasteiger partial charge is 0.348 e. The van der Waals surface area contributed by atoms with Gasteiger partial charge in [0.05, 0.1) is 23.1 Å². The lowest BCUT2D eigenvalue weighted by Gasteiger charge is -2.32. The third-order valence-corrected chi connectivity index (χ3v) is 6.80. The number of likely N-dealkylation sites (N-methyl/N-ethyl adjacent to an activating group) is 1. The first-order valence-corrected chi connectivity index (χ1v) is 10.4. The van der Waals surface area contributed by atoms with Crippen molar-refractivity contribution >= 4 is 15.9 Å². The molecule has 146 valence electrons. The summed E-state index contributed by atoms with van der Waals surface area (Å²) >= 11 is 0. The van der Waals surface area contributed by atoms with Gasteiger partial charge in [-0.3, -0.25) is 4.79 Å². The van der Waals surface area contributed by atoms with Crippen LogP contribution in [0, 0.1) is 13.8 Å². The molecule has 7 nitrogen and oxygen atoms in total. The van der Waals surface area contributed by atoms with E-state index in [4.69, 9.17) is 0 Å². The van der Waals surface area contributed by atoms with Crippen LogP contribution in [-0.4, -0.2) is 53.7 Å². The number of aryl methyl sites for hydroxylation is 2. The molecule has 1 amide bonds. The number of hydrogen-bond acceptors (Lipinski definition) is 4. The average Bonchev–Trinajstić information content (AvgIpc) is 2.97. The van der Waals surface area contributed by atoms with Gasteiger partial charge in [0, 0.05) is 33.4 Å². The number of benzene rings is 1. The van der Waals surface area contributed by atoms with Crippen LogP contribution in [0.4, 0.5) is 0 Å². The van der Waals surface area contributed by atoms with E-state index in [2.05, 4.69) is 4.98 Å². The monoisotopic (exact) mass is 390 g/mol. The Morgan fingerprint density at radius 3 is 2.41 bits per heavy atom. The maximum Gasteiger partial charge on any atom is 0.243 e. The van der Waals surface area contributed by atoms with Crippen molar-refractivity contribution in [3.05, 3.63) is 47.0 Å². The van der Waals surface area contributed by atoms with E-state index in [-0.39, 0.29) is 12.3 Å². The van der Waals surface area contributed by atoms with Crippen molar-refractivity contribution in [1.82, 2.24) is 18.8 Å². The Morgan fingerprint density at radius 1 is 1.19 bits per heavy atom. The van der Waals surface area contributed by atoms with E-state index in [0.29, 0.717) is 29.5 Å². The van der Waals surface area contributed by atoms with Gasteiger partial charge in [-0.15, -0.1) is 0 Å². The van der Waals surface area contributed by atoms with E-state index < -0.39 is 16.1 Å². The molecular weight excluding hydrogens is 364 g/mol. The van der Waals surface area contributed by atoms with Gasteiger partial charge in [-0.1, -0.05) is 6.07 Å². The summed E-state index contributed by atoms with van der Waals surface area (Å²) in [6.45, 7) is 6.53. The number of fused-ring (bicyclic) bond motifs is 1. The lowest BCUT2D eigenvalue weighted by molar-refractivity contribution is -0.128. The zero-order valence-electron chi connectivity index (χ0n) is 16.4. The smallest absolute Gasteiger partial charge is 0.243 e. The second-order valence-electron chi connectivity index (χ2n) is 7.36. The molecule has 8 heteroatoms. The SMILES string of the molecule is Cc1cc(C)cc(S(=O)(=O)N2CCn3cc(CC(=O)N(C)C)nc3C2C)c1. The number of sulfonamides is 1. The molecule has 2 heterocycles. The number of amides is 1. The summed E-state index contributed by atoms with van der Waals surface area (Å²) in [6, 6.07) is 4.97. The van der Waals surface area contributed by atoms with Crippen molar-refractivity contribution in [3.8, 4) is 0 Å². The van der Waals surface area contributed by atoms with Crippen LogP contribution in [0.2, 0.25) is 0 Å². The molecule has 27 heavy (non-hydrogen) atoms. The molecule has 1 aliphatic rings. The van der Waals surface area contributed by atoms with Crippen LogP contribution < -0.4 is 0 Å². The van der Waals surface area contributed by atoms with Crippen LogP contribution in [0.3, 0.4) is 0 Å². The van der Waals surface area contributed by atoms with Crippen LogP contribution in [0.1, 0.15) is 35.6 Å². The summed E-state index contributed by atoms with van der Waals surface area (Å²) in [5.41, 5.74) is 2.51. The van der Waals surface area contributed by atoms with Crippen molar-refractivity contribution in [3.63, 3.8) is 0 Å². The first kappa shape index (κ1) is 19.6. The summed E-state index contributed by atoms with van der Waals surface area (Å²) in [5, 5.41) is 0. The average molecular weight is 391 g/mol. The van der Waals surface area contributed by atoms with Gasteiger partial charge in [-0.05, 0) is 44.0 Å². The molecule has 0 saturated carbocycles. The maximum absolute atomic E-state index is 13.2. The van der Waals surface area contributed by atoms with Crippen molar-refractivity contribution in [2.45, 2.75) is 44.7 Å². The Kier molecular flexibility index (Phi) is 5.14. The van der Waals surface area contributed by atoms with Gasteiger partial charge in [-0.25, -0.2) is 13.4 Å². The Labute approximate surface area is 160 Å². The Morgan fingerprint density at radius 2 is 1.81 bits per heavy atom. The second-order valence-corrected chi connectivity index (χ2v) is 9.25. The summed E-state index contributed by atoms with van der Waals surface area (Å²) in [6.07, 6.45) is 2.07. The lowest BCUT2D eigenvalue weighted by Crippen LogP contribution is -2.41. The van der Waals surface area contributed by atoms with E-state index in [9.17, 15) is 13.2 Å². The van der Waals surface area contributed by atoms with E-state index >= 15 is 0 Å². The number of nitrogens with zero attached hydrogens (tertiary/aromatic N) is 4. The highest BCUT2D eigenvalue weighted by Gasteiger charge is 2.35. The van der Waals surface area contributed by atoms with Crippen LogP contribution in [0.15, 0.2) is 29.3 Å². The predicted octanol–water partition coefficient (Wildman–Crippen LogP) is 1.90. The molecule has 0 radical (unpaired) electrons. The van der Waals surface area contributed by atoms with Crippen LogP contribution in [-0.2, 0) is 27.8 Å². The number of imidazole rings is 1. The predicted molar refractivity (Wildman–Crippen MR) is 103 cm³/mol. The molecule has 0 fully saturated rings. The normalized spacial score (nSPS) is 17.6. The van der Waals surface area contributed by atoms with Crippen molar-refractivity contribution in [2.24, 2.45) is 0 Å². The fraction of sp³-hybridized carbons (Fsp3) is 0.474. The first-order valence-electron chi connectivity index (χ1n) is 8.96. The van der Waals surface area contributed by atoms with Crippen molar-refractivity contribution in [2.75, 3.05) is 20.6 Å². The summed E-state index contributed by atoms with van der Waals surface area (Å²) in [5.74, 6) is 0.647. The first-order chi connectivity index (χ1) is 12.6. The lowest BCUT2D eigenvalue weighted by atomic mass is 10.2. The molecule has 0 N–H and O–H groups in total. The van der Waals surface area contributed by atoms with Crippen molar-refractivity contribution < 1.29 is 13.2 Å². The number of hydrogen-bond donors (Lipinski definition) is 0. The highest BCUT2D eigenvalue weighted by Crippen LogP contribution is 2.31. The molecular formula is C19H26N4O3S. The molecule has 1 unspecified atom stereocenters. The zero-order valence-corrected chi connectivity index (χ0v) is 17.2. The molecule has 0 spiro atoms. The van der Waals surface area contributed by atoms with Crippen LogP contribution >= 0.6 is 0 Å². The van der Waals surface area contributed by atoms with Crippen LogP contribution in [0.5, 0.6) is 0 Å². The third kappa shape index (κ3) is 3.77. The third-order valence-electron chi connectivity index (χ3n) is 4.86. The van der Waals surface area contributed by atoms with E-state index in [0.717, 1.165) is 11.1 Å². The van der Waals surface area contributed by atoms with Gasteiger partial charge in [-0.2, -0.15) is 4.31 Å². The Hall–Kier alpha value is -2.19. The summed E-state index contributed by atoms with van der Waals surface area (Å²) in [4.78, 5) is 18.3. The quantitative estimate of drug-likeness (QED) is 0.799. The Bertz CT molecular complexity index is 959. The van der Waals surface area contributed by atoms with Gasteiger partial charge in [0.2, 0.25) is 15.9 Å². The van der Waals surface area contributed by atoms with E-state index in [1.165, 1.54) is 9.21 Å². The molecule has 2 aromatic rings. The minimum absolute atomic E-state index is 0.0298.